The van der Waals surface area contributed by atoms with E-state index >= 15 is 0 Å². The predicted molar refractivity (Wildman–Crippen MR) is 257 cm³/mol. The Labute approximate surface area is 360 Å². The van der Waals surface area contributed by atoms with Crippen LogP contribution in [0.25, 0.3) is 0 Å². The summed E-state index contributed by atoms with van der Waals surface area (Å²) in [6.45, 7) is 4.17. The minimum atomic E-state index is -0.886. The highest BCUT2D eigenvalue weighted by atomic mass is 16.3. The summed E-state index contributed by atoms with van der Waals surface area (Å²) < 4.78 is 0. The third kappa shape index (κ3) is 44.4. The Kier molecular flexibility index (Phi) is 46.4. The van der Waals surface area contributed by atoms with E-state index in [0.717, 1.165) is 83.5 Å². The van der Waals surface area contributed by atoms with E-state index in [4.69, 9.17) is 0 Å². The van der Waals surface area contributed by atoms with Crippen LogP contribution in [0.1, 0.15) is 219 Å². The lowest BCUT2D eigenvalue weighted by Crippen LogP contribution is -2.45. The Morgan fingerprint density at radius 3 is 1.21 bits per heavy atom. The molecule has 4 nitrogen and oxygen atoms in total. The van der Waals surface area contributed by atoms with E-state index in [0.29, 0.717) is 6.42 Å². The maximum absolute atomic E-state index is 12.4. The molecule has 0 rings (SSSR count). The molecular formula is C54H93NO3. The Balaban J connectivity index is 3.69. The zero-order valence-corrected chi connectivity index (χ0v) is 38.0. The molecular weight excluding hydrogens is 711 g/mol. The molecule has 0 saturated carbocycles. The van der Waals surface area contributed by atoms with Gasteiger partial charge in [0.1, 0.15) is 0 Å². The highest BCUT2D eigenvalue weighted by Crippen LogP contribution is 2.14. The minimum absolute atomic E-state index is 0.0999. The summed E-state index contributed by atoms with van der Waals surface area (Å²) in [6.07, 6.45) is 72.5. The van der Waals surface area contributed by atoms with Crippen molar-refractivity contribution in [2.24, 2.45) is 0 Å². The first-order valence-corrected chi connectivity index (χ1v) is 24.5. The lowest BCUT2D eigenvalue weighted by molar-refractivity contribution is -0.123. The molecule has 0 aromatic rings. The number of aliphatic hydroxyl groups is 2. The monoisotopic (exact) mass is 804 g/mol. The number of hydrogen-bond acceptors (Lipinski definition) is 3. The number of carbonyl (C=O) groups excluding carboxylic acids is 1. The number of rotatable bonds is 43. The molecule has 0 aromatic carbocycles. The van der Waals surface area contributed by atoms with Crippen LogP contribution in [-0.4, -0.2) is 34.9 Å². The molecule has 1 amide bonds. The van der Waals surface area contributed by atoms with Gasteiger partial charge in [0.15, 0.2) is 0 Å². The maximum Gasteiger partial charge on any atom is 0.220 e. The number of hydrogen-bond donors (Lipinski definition) is 3. The summed E-state index contributed by atoms with van der Waals surface area (Å²) in [5.41, 5.74) is 0. The van der Waals surface area contributed by atoms with E-state index in [1.165, 1.54) is 116 Å². The van der Waals surface area contributed by atoms with Crippen LogP contribution in [0, 0.1) is 0 Å². The van der Waals surface area contributed by atoms with Crippen molar-refractivity contribution in [3.05, 3.63) is 97.2 Å². The van der Waals surface area contributed by atoms with E-state index < -0.39 is 12.1 Å². The molecule has 0 aliphatic rings. The third-order valence-electron chi connectivity index (χ3n) is 10.5. The Hall–Kier alpha value is -2.69. The molecule has 4 heteroatoms. The van der Waals surface area contributed by atoms with Crippen LogP contribution in [-0.2, 0) is 4.79 Å². The minimum Gasteiger partial charge on any atom is -0.394 e. The second-order valence-corrected chi connectivity index (χ2v) is 16.1. The van der Waals surface area contributed by atoms with Crippen LogP contribution >= 0.6 is 0 Å². The molecule has 0 fully saturated rings. The van der Waals surface area contributed by atoms with Crippen LogP contribution in [0.3, 0.4) is 0 Å². The van der Waals surface area contributed by atoms with Crippen LogP contribution in [0.4, 0.5) is 0 Å². The van der Waals surface area contributed by atoms with Crippen molar-refractivity contribution in [3.63, 3.8) is 0 Å². The van der Waals surface area contributed by atoms with Crippen molar-refractivity contribution in [1.29, 1.82) is 0 Å². The number of amides is 1. The van der Waals surface area contributed by atoms with Crippen LogP contribution in [0.5, 0.6) is 0 Å². The summed E-state index contributed by atoms with van der Waals surface area (Å²) >= 11 is 0. The second kappa shape index (κ2) is 48.7. The van der Waals surface area contributed by atoms with Gasteiger partial charge in [-0.25, -0.2) is 0 Å². The smallest absolute Gasteiger partial charge is 0.220 e. The SMILES string of the molecule is CC/C=C\C/C=C\C/C=C\C/C=C\C/C=C\CCCCCCCC(=O)NC(CO)C(O)/C=C/CC/C=C/CC/C=C/CCCCCCCCCCCCCCCCC. The zero-order chi connectivity index (χ0) is 42.1. The van der Waals surface area contributed by atoms with E-state index in [9.17, 15) is 15.0 Å². The number of nitrogens with one attached hydrogen (secondary N) is 1. The van der Waals surface area contributed by atoms with Crippen molar-refractivity contribution in [1.82, 2.24) is 5.32 Å². The van der Waals surface area contributed by atoms with Gasteiger partial charge in [-0.2, -0.15) is 0 Å². The molecule has 3 N–H and O–H groups in total. The van der Waals surface area contributed by atoms with Gasteiger partial charge in [-0.15, -0.1) is 0 Å². The lowest BCUT2D eigenvalue weighted by atomic mass is 10.0. The summed E-state index contributed by atoms with van der Waals surface area (Å²) in [6, 6.07) is -0.663. The van der Waals surface area contributed by atoms with Crippen LogP contribution < -0.4 is 5.32 Å². The summed E-state index contributed by atoms with van der Waals surface area (Å²) in [7, 11) is 0. The van der Waals surface area contributed by atoms with Crippen LogP contribution in [0.15, 0.2) is 97.2 Å². The van der Waals surface area contributed by atoms with Gasteiger partial charge in [0.25, 0.3) is 0 Å². The third-order valence-corrected chi connectivity index (χ3v) is 10.5. The quantitative estimate of drug-likeness (QED) is 0.0425. The zero-order valence-electron chi connectivity index (χ0n) is 38.0. The fraction of sp³-hybridized carbons (Fsp3) is 0.685. The molecule has 0 aliphatic heterocycles. The Bertz CT molecular complexity index is 1090. The molecule has 0 heterocycles. The molecule has 0 aliphatic carbocycles. The van der Waals surface area contributed by atoms with E-state index in [2.05, 4.69) is 104 Å². The van der Waals surface area contributed by atoms with E-state index in [-0.39, 0.29) is 12.5 Å². The van der Waals surface area contributed by atoms with Crippen molar-refractivity contribution in [2.45, 2.75) is 231 Å². The normalized spacial score (nSPS) is 13.8. The molecule has 2 unspecified atom stereocenters. The summed E-state index contributed by atoms with van der Waals surface area (Å²) in [5, 5.41) is 23.0. The molecule has 2 atom stereocenters. The number of allylic oxidation sites excluding steroid dienone is 15. The first-order valence-electron chi connectivity index (χ1n) is 24.5. The maximum atomic E-state index is 12.4. The number of unbranched alkanes of at least 4 members (excludes halogenated alkanes) is 22. The van der Waals surface area contributed by atoms with Gasteiger partial charge in [-0.05, 0) is 89.9 Å². The second-order valence-electron chi connectivity index (χ2n) is 16.1. The molecule has 0 bridgehead atoms. The topological polar surface area (TPSA) is 69.6 Å². The van der Waals surface area contributed by atoms with Crippen molar-refractivity contribution >= 4 is 5.91 Å². The average Bonchev–Trinajstić information content (AvgIpc) is 3.23. The lowest BCUT2D eigenvalue weighted by Gasteiger charge is -2.19. The first-order chi connectivity index (χ1) is 28.7. The van der Waals surface area contributed by atoms with Gasteiger partial charge in [-0.3, -0.25) is 4.79 Å². The summed E-state index contributed by atoms with van der Waals surface area (Å²) in [4.78, 5) is 12.4. The summed E-state index contributed by atoms with van der Waals surface area (Å²) in [5.74, 6) is -0.0999. The molecule has 58 heavy (non-hydrogen) atoms. The largest absolute Gasteiger partial charge is 0.394 e. The fourth-order valence-corrected chi connectivity index (χ4v) is 6.82. The fourth-order valence-electron chi connectivity index (χ4n) is 6.82. The van der Waals surface area contributed by atoms with Crippen molar-refractivity contribution < 1.29 is 15.0 Å². The predicted octanol–water partition coefficient (Wildman–Crippen LogP) is 15.8. The molecule has 332 valence electrons. The standard InChI is InChI=1S/C54H93NO3/c1-3-5-7-9-11-13-15-17-19-21-23-25-26-27-28-30-31-33-35-37-39-41-43-45-47-49-53(57)52(51-56)55-54(58)50-48-46-44-42-40-38-36-34-32-29-24-22-20-18-16-14-12-10-8-6-4-2/h6,8,12,14,18,20,24,29,31,33-34,36,39,41,47,49,52-53,56-57H,3-5,7,9-11,13,15-17,19,21-23,25-28,30,32,35,37-38,40,42-46,48,50-51H2,1-2H3,(H,55,58)/b8-6-,14-12-,20-18-,29-24-,33-31+,36-34-,41-39+,49-47+. The highest BCUT2D eigenvalue weighted by molar-refractivity contribution is 5.76. The Morgan fingerprint density at radius 1 is 0.431 bits per heavy atom. The van der Waals surface area contributed by atoms with Gasteiger partial charge < -0.3 is 15.5 Å². The van der Waals surface area contributed by atoms with E-state index in [1.54, 1.807) is 6.08 Å². The van der Waals surface area contributed by atoms with Gasteiger partial charge >= 0.3 is 0 Å². The molecule has 0 spiro atoms. The van der Waals surface area contributed by atoms with Crippen LogP contribution in [0.2, 0.25) is 0 Å². The number of aliphatic hydroxyl groups excluding tert-OH is 2. The molecule has 0 radical (unpaired) electrons. The Morgan fingerprint density at radius 2 is 0.776 bits per heavy atom. The van der Waals surface area contributed by atoms with Gasteiger partial charge in [0, 0.05) is 6.42 Å². The van der Waals surface area contributed by atoms with Gasteiger partial charge in [0.2, 0.25) is 5.91 Å². The highest BCUT2D eigenvalue weighted by Gasteiger charge is 2.17. The first kappa shape index (κ1) is 55.3. The number of carbonyl (C=O) groups is 1. The average molecular weight is 804 g/mol. The van der Waals surface area contributed by atoms with Crippen molar-refractivity contribution in [3.8, 4) is 0 Å². The molecule has 0 saturated heterocycles. The molecule has 0 aromatic heterocycles. The van der Waals surface area contributed by atoms with Gasteiger partial charge in [-0.1, -0.05) is 220 Å². The van der Waals surface area contributed by atoms with Crippen molar-refractivity contribution in [2.75, 3.05) is 6.61 Å². The van der Waals surface area contributed by atoms with E-state index in [1.807, 2.05) is 6.08 Å². The van der Waals surface area contributed by atoms with Gasteiger partial charge in [0.05, 0.1) is 18.8 Å².